The Labute approximate surface area is 175 Å². The van der Waals surface area contributed by atoms with Crippen LogP contribution in [0.3, 0.4) is 0 Å². The van der Waals surface area contributed by atoms with Gasteiger partial charge in [-0.1, -0.05) is 24.3 Å². The summed E-state index contributed by atoms with van der Waals surface area (Å²) in [5.74, 6) is 0.943. The van der Waals surface area contributed by atoms with Gasteiger partial charge in [0.05, 0.1) is 11.0 Å². The molecule has 1 amide bonds. The second-order valence-corrected chi connectivity index (χ2v) is 7.96. The number of nitrogens with one attached hydrogen (secondary N) is 2. The summed E-state index contributed by atoms with van der Waals surface area (Å²) in [5.41, 5.74) is 6.94. The predicted molar refractivity (Wildman–Crippen MR) is 118 cm³/mol. The highest BCUT2D eigenvalue weighted by molar-refractivity contribution is 6.04. The largest absolute Gasteiger partial charge is 0.331 e. The van der Waals surface area contributed by atoms with Crippen molar-refractivity contribution in [2.45, 2.75) is 38.5 Å². The van der Waals surface area contributed by atoms with Crippen molar-refractivity contribution >= 4 is 22.6 Å². The topological polar surface area (TPSA) is 75.6 Å². The quantitative estimate of drug-likeness (QED) is 0.528. The molecule has 0 aliphatic heterocycles. The zero-order chi connectivity index (χ0) is 20.5. The molecule has 30 heavy (non-hydrogen) atoms. The first-order valence-corrected chi connectivity index (χ1v) is 10.6. The number of amides is 1. The number of carbonyl (C=O) groups is 1. The van der Waals surface area contributed by atoms with E-state index in [0.717, 1.165) is 72.3 Å². The zero-order valence-corrected chi connectivity index (χ0v) is 17.1. The maximum absolute atomic E-state index is 12.7. The molecule has 6 heteroatoms. The summed E-state index contributed by atoms with van der Waals surface area (Å²) >= 11 is 0. The number of aromatic nitrogens is 4. The van der Waals surface area contributed by atoms with Crippen LogP contribution >= 0.6 is 0 Å². The lowest BCUT2D eigenvalue weighted by atomic mass is 9.96. The van der Waals surface area contributed by atoms with E-state index in [-0.39, 0.29) is 5.91 Å². The van der Waals surface area contributed by atoms with E-state index in [4.69, 9.17) is 4.98 Å². The molecule has 1 aliphatic carbocycles. The van der Waals surface area contributed by atoms with Crippen molar-refractivity contribution in [3.05, 3.63) is 76.9 Å². The van der Waals surface area contributed by atoms with Gasteiger partial charge in [-0.2, -0.15) is 5.10 Å². The number of nitrogens with zero attached hydrogens (tertiary/aromatic N) is 3. The monoisotopic (exact) mass is 399 g/mol. The number of H-pyrrole nitrogens is 1. The molecular formula is C24H25N5O. The third-order valence-corrected chi connectivity index (χ3v) is 6.00. The van der Waals surface area contributed by atoms with Crippen molar-refractivity contribution in [3.8, 4) is 0 Å². The van der Waals surface area contributed by atoms with Gasteiger partial charge in [0.25, 0.3) is 5.91 Å². The summed E-state index contributed by atoms with van der Waals surface area (Å²) in [7, 11) is 2.07. The van der Waals surface area contributed by atoms with Gasteiger partial charge in [0.2, 0.25) is 0 Å². The third-order valence-electron chi connectivity index (χ3n) is 6.00. The predicted octanol–water partition coefficient (Wildman–Crippen LogP) is 4.21. The van der Waals surface area contributed by atoms with Gasteiger partial charge >= 0.3 is 0 Å². The molecule has 4 aromatic rings. The molecule has 0 unspecified atom stereocenters. The fourth-order valence-corrected chi connectivity index (χ4v) is 4.29. The first kappa shape index (κ1) is 18.6. The van der Waals surface area contributed by atoms with E-state index < -0.39 is 0 Å². The second-order valence-electron chi connectivity index (χ2n) is 7.96. The van der Waals surface area contributed by atoms with Crippen LogP contribution in [-0.2, 0) is 32.7 Å². The number of hydrogen-bond donors (Lipinski definition) is 2. The molecule has 1 aliphatic rings. The smallest absolute Gasteiger partial charge is 0.276 e. The first-order chi connectivity index (χ1) is 14.7. The number of aromatic amines is 1. The summed E-state index contributed by atoms with van der Waals surface area (Å²) < 4.78 is 2.16. The molecule has 2 aromatic heterocycles. The molecule has 0 saturated heterocycles. The van der Waals surface area contributed by atoms with Crippen molar-refractivity contribution in [2.75, 3.05) is 5.32 Å². The standard InChI is InChI=1S/C24H25N5O/c1-29-21-9-5-4-8-20(21)26-22(29)15-12-16-10-13-17(14-11-16)25-24(30)23-18-6-2-3-7-19(18)27-28-23/h4-5,8-11,13-14H,2-3,6-7,12,15H2,1H3,(H,25,30)(H,27,28). The van der Waals surface area contributed by atoms with Crippen LogP contribution in [0.25, 0.3) is 11.0 Å². The van der Waals surface area contributed by atoms with Gasteiger partial charge in [-0.05, 0) is 61.9 Å². The van der Waals surface area contributed by atoms with Crippen LogP contribution in [0, 0.1) is 0 Å². The van der Waals surface area contributed by atoms with Crippen molar-refractivity contribution in [2.24, 2.45) is 7.05 Å². The van der Waals surface area contributed by atoms with Crippen molar-refractivity contribution in [3.63, 3.8) is 0 Å². The van der Waals surface area contributed by atoms with Crippen LogP contribution in [0.4, 0.5) is 5.69 Å². The Morgan fingerprint density at radius 3 is 2.70 bits per heavy atom. The highest BCUT2D eigenvalue weighted by Crippen LogP contribution is 2.23. The van der Waals surface area contributed by atoms with E-state index in [1.165, 1.54) is 5.56 Å². The van der Waals surface area contributed by atoms with Gasteiger partial charge in [0, 0.05) is 30.4 Å². The van der Waals surface area contributed by atoms with Crippen LogP contribution in [0.5, 0.6) is 0 Å². The Bertz CT molecular complexity index is 1200. The molecule has 0 bridgehead atoms. The molecule has 5 rings (SSSR count). The third kappa shape index (κ3) is 3.49. The van der Waals surface area contributed by atoms with Crippen molar-refractivity contribution in [1.29, 1.82) is 0 Å². The lowest BCUT2D eigenvalue weighted by molar-refractivity contribution is 0.102. The molecule has 0 spiro atoms. The summed E-state index contributed by atoms with van der Waals surface area (Å²) in [4.78, 5) is 17.4. The molecule has 0 saturated carbocycles. The van der Waals surface area contributed by atoms with Crippen LogP contribution < -0.4 is 5.32 Å². The van der Waals surface area contributed by atoms with E-state index in [0.29, 0.717) is 5.69 Å². The molecule has 152 valence electrons. The number of imidazole rings is 1. The summed E-state index contributed by atoms with van der Waals surface area (Å²) in [6, 6.07) is 16.3. The van der Waals surface area contributed by atoms with Gasteiger partial charge in [-0.15, -0.1) is 0 Å². The van der Waals surface area contributed by atoms with Gasteiger partial charge in [-0.25, -0.2) is 4.98 Å². The average Bonchev–Trinajstić information content (AvgIpc) is 3.35. The van der Waals surface area contributed by atoms with Crippen molar-refractivity contribution < 1.29 is 4.79 Å². The maximum Gasteiger partial charge on any atom is 0.276 e. The highest BCUT2D eigenvalue weighted by Gasteiger charge is 2.21. The van der Waals surface area contributed by atoms with Crippen LogP contribution in [0.15, 0.2) is 48.5 Å². The Morgan fingerprint density at radius 1 is 1.07 bits per heavy atom. The van der Waals surface area contributed by atoms with Gasteiger partial charge in [-0.3, -0.25) is 9.89 Å². The van der Waals surface area contributed by atoms with E-state index in [2.05, 4.69) is 45.3 Å². The van der Waals surface area contributed by atoms with Gasteiger partial charge < -0.3 is 9.88 Å². The van der Waals surface area contributed by atoms with Crippen LogP contribution in [-0.4, -0.2) is 25.7 Å². The first-order valence-electron chi connectivity index (χ1n) is 10.6. The molecule has 0 atom stereocenters. The number of para-hydroxylation sites is 2. The van der Waals surface area contributed by atoms with E-state index >= 15 is 0 Å². The van der Waals surface area contributed by atoms with Crippen LogP contribution in [0.1, 0.15) is 46.0 Å². The normalized spacial score (nSPS) is 13.4. The number of carbonyl (C=O) groups excluding carboxylic acids is 1. The number of anilines is 1. The number of aryl methyl sites for hydroxylation is 4. The van der Waals surface area contributed by atoms with E-state index in [9.17, 15) is 4.79 Å². The summed E-state index contributed by atoms with van der Waals surface area (Å²) in [5, 5.41) is 10.3. The van der Waals surface area contributed by atoms with Gasteiger partial charge in [0.1, 0.15) is 5.82 Å². The van der Waals surface area contributed by atoms with E-state index in [1.807, 2.05) is 30.3 Å². The Morgan fingerprint density at radius 2 is 1.87 bits per heavy atom. The Hall–Kier alpha value is -3.41. The number of rotatable bonds is 5. The number of hydrogen-bond acceptors (Lipinski definition) is 3. The summed E-state index contributed by atoms with van der Waals surface area (Å²) in [6.07, 6.45) is 5.96. The van der Waals surface area contributed by atoms with Crippen molar-refractivity contribution in [1.82, 2.24) is 19.7 Å². The molecule has 0 fully saturated rings. The minimum absolute atomic E-state index is 0.137. The van der Waals surface area contributed by atoms with E-state index in [1.54, 1.807) is 0 Å². The zero-order valence-electron chi connectivity index (χ0n) is 17.1. The maximum atomic E-state index is 12.7. The minimum Gasteiger partial charge on any atom is -0.331 e. The second kappa shape index (κ2) is 7.78. The molecule has 2 N–H and O–H groups in total. The lowest BCUT2D eigenvalue weighted by Gasteiger charge is -2.11. The minimum atomic E-state index is -0.137. The highest BCUT2D eigenvalue weighted by atomic mass is 16.1. The molecule has 6 nitrogen and oxygen atoms in total. The Kier molecular flexibility index (Phi) is 4.83. The fourth-order valence-electron chi connectivity index (χ4n) is 4.29. The summed E-state index contributed by atoms with van der Waals surface area (Å²) in [6.45, 7) is 0. The molecule has 2 heterocycles. The number of fused-ring (bicyclic) bond motifs is 2. The van der Waals surface area contributed by atoms with Crippen LogP contribution in [0.2, 0.25) is 0 Å². The molecule has 0 radical (unpaired) electrons. The average molecular weight is 399 g/mol. The lowest BCUT2D eigenvalue weighted by Crippen LogP contribution is -2.15. The fraction of sp³-hybridized carbons (Fsp3) is 0.292. The molecule has 2 aromatic carbocycles. The Balaban J connectivity index is 1.24. The molecular weight excluding hydrogens is 374 g/mol. The van der Waals surface area contributed by atoms with Gasteiger partial charge in [0.15, 0.2) is 5.69 Å². The number of benzene rings is 2. The SMILES string of the molecule is Cn1c(CCc2ccc(NC(=O)c3n[nH]c4c3CCCC4)cc2)nc2ccccc21.